The SMILES string of the molecule is COc1ccc(NC(=O)CC(NCC2CCCO2)C(=O)O)cc1Cl. The summed E-state index contributed by atoms with van der Waals surface area (Å²) in [7, 11) is 1.50. The van der Waals surface area contributed by atoms with E-state index < -0.39 is 17.9 Å². The Kier molecular flexibility index (Phi) is 6.84. The van der Waals surface area contributed by atoms with Crippen LogP contribution >= 0.6 is 11.6 Å². The van der Waals surface area contributed by atoms with Crippen LogP contribution in [0.25, 0.3) is 0 Å². The van der Waals surface area contributed by atoms with Crippen molar-refractivity contribution in [3.05, 3.63) is 23.2 Å². The van der Waals surface area contributed by atoms with Crippen molar-refractivity contribution in [3.8, 4) is 5.75 Å². The number of amides is 1. The second-order valence-corrected chi connectivity index (χ2v) is 5.94. The monoisotopic (exact) mass is 356 g/mol. The van der Waals surface area contributed by atoms with E-state index in [0.717, 1.165) is 12.8 Å². The highest BCUT2D eigenvalue weighted by Crippen LogP contribution is 2.27. The lowest BCUT2D eigenvalue weighted by Crippen LogP contribution is -2.43. The van der Waals surface area contributed by atoms with Crippen LogP contribution in [0.3, 0.4) is 0 Å². The summed E-state index contributed by atoms with van der Waals surface area (Å²) in [4.78, 5) is 23.4. The molecule has 3 N–H and O–H groups in total. The summed E-state index contributed by atoms with van der Waals surface area (Å²) < 4.78 is 10.5. The van der Waals surface area contributed by atoms with Crippen LogP contribution in [0.2, 0.25) is 5.02 Å². The third-order valence-electron chi connectivity index (χ3n) is 3.74. The Bertz CT molecular complexity index is 590. The molecule has 8 heteroatoms. The lowest BCUT2D eigenvalue weighted by Gasteiger charge is -2.17. The summed E-state index contributed by atoms with van der Waals surface area (Å²) in [5.41, 5.74) is 0.481. The van der Waals surface area contributed by atoms with E-state index in [1.807, 2.05) is 0 Å². The predicted molar refractivity (Wildman–Crippen MR) is 89.7 cm³/mol. The number of carbonyl (C=O) groups excluding carboxylic acids is 1. The van der Waals surface area contributed by atoms with Gasteiger partial charge in [0.15, 0.2) is 0 Å². The molecular weight excluding hydrogens is 336 g/mol. The highest BCUT2D eigenvalue weighted by atomic mass is 35.5. The maximum atomic E-state index is 12.1. The van der Waals surface area contributed by atoms with E-state index in [2.05, 4.69) is 10.6 Å². The van der Waals surface area contributed by atoms with E-state index in [9.17, 15) is 14.7 Å². The third kappa shape index (κ3) is 5.36. The average molecular weight is 357 g/mol. The maximum Gasteiger partial charge on any atom is 0.321 e. The standard InChI is InChI=1S/C16H21ClN2O5/c1-23-14-5-4-10(7-12(14)17)19-15(20)8-13(16(21)22)18-9-11-3-2-6-24-11/h4-5,7,11,13,18H,2-3,6,8-9H2,1H3,(H,19,20)(H,21,22). The summed E-state index contributed by atoms with van der Waals surface area (Å²) in [5.74, 6) is -0.990. The fourth-order valence-corrected chi connectivity index (χ4v) is 2.73. The molecule has 1 aromatic carbocycles. The van der Waals surface area contributed by atoms with Gasteiger partial charge in [-0.2, -0.15) is 0 Å². The van der Waals surface area contributed by atoms with E-state index in [1.165, 1.54) is 7.11 Å². The lowest BCUT2D eigenvalue weighted by molar-refractivity contribution is -0.141. The van der Waals surface area contributed by atoms with Crippen LogP contribution in [0.5, 0.6) is 5.75 Å². The highest BCUT2D eigenvalue weighted by Gasteiger charge is 2.24. The highest BCUT2D eigenvalue weighted by molar-refractivity contribution is 6.32. The Morgan fingerprint density at radius 2 is 2.29 bits per heavy atom. The first-order chi connectivity index (χ1) is 11.5. The van der Waals surface area contributed by atoms with Gasteiger partial charge in [0.1, 0.15) is 11.8 Å². The largest absolute Gasteiger partial charge is 0.495 e. The molecule has 0 bridgehead atoms. The number of methoxy groups -OCH3 is 1. The minimum Gasteiger partial charge on any atom is -0.495 e. The van der Waals surface area contributed by atoms with E-state index in [1.54, 1.807) is 18.2 Å². The van der Waals surface area contributed by atoms with Gasteiger partial charge in [-0.3, -0.25) is 9.59 Å². The van der Waals surface area contributed by atoms with E-state index in [4.69, 9.17) is 21.1 Å². The minimum absolute atomic E-state index is 0.00954. The first-order valence-electron chi connectivity index (χ1n) is 7.70. The molecule has 0 aliphatic carbocycles. The molecule has 0 aromatic heterocycles. The second-order valence-electron chi connectivity index (χ2n) is 5.54. The van der Waals surface area contributed by atoms with Gasteiger partial charge in [0, 0.05) is 18.8 Å². The number of ether oxygens (including phenoxy) is 2. The van der Waals surface area contributed by atoms with Gasteiger partial charge in [-0.25, -0.2) is 0 Å². The smallest absolute Gasteiger partial charge is 0.321 e. The predicted octanol–water partition coefficient (Wildman–Crippen LogP) is 1.90. The van der Waals surface area contributed by atoms with Crippen LogP contribution in [-0.4, -0.2) is 49.4 Å². The molecule has 1 amide bonds. The van der Waals surface area contributed by atoms with Crippen LogP contribution in [0, 0.1) is 0 Å². The molecule has 1 fully saturated rings. The number of anilines is 1. The Balaban J connectivity index is 1.87. The molecule has 2 rings (SSSR count). The van der Waals surface area contributed by atoms with Gasteiger partial charge in [0.05, 0.1) is 24.7 Å². The molecule has 24 heavy (non-hydrogen) atoms. The molecule has 2 unspecified atom stereocenters. The molecule has 1 aromatic rings. The number of rotatable bonds is 8. The van der Waals surface area contributed by atoms with Crippen molar-refractivity contribution in [2.24, 2.45) is 0 Å². The number of nitrogens with one attached hydrogen (secondary N) is 2. The second kappa shape index (κ2) is 8.86. The average Bonchev–Trinajstić information content (AvgIpc) is 3.04. The van der Waals surface area contributed by atoms with Crippen LogP contribution in [0.4, 0.5) is 5.69 Å². The topological polar surface area (TPSA) is 96.9 Å². The summed E-state index contributed by atoms with van der Waals surface area (Å²) in [6, 6.07) is 3.84. The maximum absolute atomic E-state index is 12.1. The van der Waals surface area contributed by atoms with Gasteiger partial charge in [-0.1, -0.05) is 11.6 Å². The Morgan fingerprint density at radius 3 is 2.88 bits per heavy atom. The number of hydrogen-bond donors (Lipinski definition) is 3. The minimum atomic E-state index is -1.07. The fourth-order valence-electron chi connectivity index (χ4n) is 2.47. The number of carboxylic acids is 1. The summed E-state index contributed by atoms with van der Waals surface area (Å²) in [5, 5.41) is 15.1. The molecule has 2 atom stereocenters. The molecule has 1 heterocycles. The molecule has 1 aliphatic rings. The Morgan fingerprint density at radius 1 is 1.50 bits per heavy atom. The zero-order valence-corrected chi connectivity index (χ0v) is 14.1. The van der Waals surface area contributed by atoms with Gasteiger partial charge in [0.25, 0.3) is 0 Å². The number of carboxylic acid groups (broad SMARTS) is 1. The van der Waals surface area contributed by atoms with Crippen molar-refractivity contribution >= 4 is 29.2 Å². The van der Waals surface area contributed by atoms with Crippen LogP contribution in [0.1, 0.15) is 19.3 Å². The molecule has 7 nitrogen and oxygen atoms in total. The van der Waals surface area contributed by atoms with E-state index >= 15 is 0 Å². The number of carbonyl (C=O) groups is 2. The molecule has 1 saturated heterocycles. The van der Waals surface area contributed by atoms with Gasteiger partial charge in [0.2, 0.25) is 5.91 Å². The number of benzene rings is 1. The number of halogens is 1. The van der Waals surface area contributed by atoms with Crippen LogP contribution < -0.4 is 15.4 Å². The van der Waals surface area contributed by atoms with Crippen molar-refractivity contribution in [2.75, 3.05) is 25.6 Å². The lowest BCUT2D eigenvalue weighted by atomic mass is 10.1. The normalized spacial score (nSPS) is 18.2. The van der Waals surface area contributed by atoms with Crippen molar-refractivity contribution in [3.63, 3.8) is 0 Å². The first-order valence-corrected chi connectivity index (χ1v) is 8.08. The number of hydrogen-bond acceptors (Lipinski definition) is 5. The summed E-state index contributed by atoms with van der Waals surface area (Å²) in [6.07, 6.45) is 1.69. The quantitative estimate of drug-likeness (QED) is 0.658. The van der Waals surface area contributed by atoms with Crippen LogP contribution in [-0.2, 0) is 14.3 Å². The number of aliphatic carboxylic acids is 1. The Labute approximate surface area is 145 Å². The summed E-state index contributed by atoms with van der Waals surface area (Å²) >= 11 is 5.99. The molecule has 0 spiro atoms. The van der Waals surface area contributed by atoms with Crippen molar-refractivity contribution < 1.29 is 24.2 Å². The molecule has 0 saturated carbocycles. The van der Waals surface area contributed by atoms with Crippen LogP contribution in [0.15, 0.2) is 18.2 Å². The molecule has 1 aliphatic heterocycles. The van der Waals surface area contributed by atoms with Crippen molar-refractivity contribution in [1.82, 2.24) is 5.32 Å². The third-order valence-corrected chi connectivity index (χ3v) is 4.03. The van der Waals surface area contributed by atoms with Gasteiger partial charge in [-0.15, -0.1) is 0 Å². The molecule has 0 radical (unpaired) electrons. The van der Waals surface area contributed by atoms with Gasteiger partial charge in [-0.05, 0) is 31.0 Å². The van der Waals surface area contributed by atoms with Crippen molar-refractivity contribution in [2.45, 2.75) is 31.4 Å². The Hall–Kier alpha value is -1.83. The van der Waals surface area contributed by atoms with E-state index in [0.29, 0.717) is 29.6 Å². The van der Waals surface area contributed by atoms with Crippen molar-refractivity contribution in [1.29, 1.82) is 0 Å². The summed E-state index contributed by atoms with van der Waals surface area (Å²) in [6.45, 7) is 1.11. The molecule has 132 valence electrons. The van der Waals surface area contributed by atoms with Gasteiger partial charge < -0.3 is 25.2 Å². The van der Waals surface area contributed by atoms with Gasteiger partial charge >= 0.3 is 5.97 Å². The fraction of sp³-hybridized carbons (Fsp3) is 0.500. The first kappa shape index (κ1) is 18.5. The zero-order chi connectivity index (χ0) is 17.5. The van der Waals surface area contributed by atoms with E-state index in [-0.39, 0.29) is 12.5 Å². The zero-order valence-electron chi connectivity index (χ0n) is 13.4. The molecular formula is C16H21ClN2O5.